The van der Waals surface area contributed by atoms with Crippen LogP contribution in [0, 0.1) is 5.92 Å². The van der Waals surface area contributed by atoms with E-state index in [0.29, 0.717) is 12.5 Å². The molecule has 6 nitrogen and oxygen atoms in total. The number of unbranched alkanes of at least 4 members (excludes halogenated alkanes) is 1. The van der Waals surface area contributed by atoms with Crippen molar-refractivity contribution in [3.63, 3.8) is 0 Å². The number of ether oxygens (including phenoxy) is 2. The molecule has 2 aromatic rings. The Labute approximate surface area is 184 Å². The number of carboxylic acid groups (broad SMARTS) is 1. The molecule has 6 heteroatoms. The zero-order valence-electron chi connectivity index (χ0n) is 18.4. The standard InChI is InChI=1S/C15H22O3.C10H10O3/c1-3-5-8-12(4-2)11-18-15(17)13-9-6-7-10-14(13)16;1-13-9-5-2-8(3-6-9)4-7-10(11)12/h6-7,9-10,12,16H,3-5,8,11H2,1-2H3;2-7H,1H3,(H,11,12). The predicted octanol–water partition coefficient (Wildman–Crippen LogP) is 5.56. The van der Waals surface area contributed by atoms with Gasteiger partial charge in [0.1, 0.15) is 17.1 Å². The van der Waals surface area contributed by atoms with E-state index < -0.39 is 11.9 Å². The van der Waals surface area contributed by atoms with Gasteiger partial charge in [0.15, 0.2) is 0 Å². The molecule has 1 unspecified atom stereocenters. The molecule has 0 saturated heterocycles. The maximum absolute atomic E-state index is 11.8. The van der Waals surface area contributed by atoms with Gasteiger partial charge in [-0.3, -0.25) is 0 Å². The van der Waals surface area contributed by atoms with Crippen LogP contribution in [-0.2, 0) is 9.53 Å². The van der Waals surface area contributed by atoms with Gasteiger partial charge < -0.3 is 19.7 Å². The van der Waals surface area contributed by atoms with Crippen molar-refractivity contribution in [3.8, 4) is 11.5 Å². The predicted molar refractivity (Wildman–Crippen MR) is 121 cm³/mol. The zero-order valence-corrected chi connectivity index (χ0v) is 18.4. The number of hydrogen-bond acceptors (Lipinski definition) is 5. The van der Waals surface area contributed by atoms with Gasteiger partial charge in [-0.25, -0.2) is 9.59 Å². The number of carbonyl (C=O) groups excluding carboxylic acids is 1. The number of rotatable bonds is 10. The lowest BCUT2D eigenvalue weighted by atomic mass is 10.0. The number of methoxy groups -OCH3 is 1. The van der Waals surface area contributed by atoms with Gasteiger partial charge in [-0.2, -0.15) is 0 Å². The number of phenolic OH excluding ortho intramolecular Hbond substituents is 1. The van der Waals surface area contributed by atoms with E-state index in [0.717, 1.165) is 43.1 Å². The molecule has 2 aromatic carbocycles. The first-order chi connectivity index (χ1) is 14.9. The fraction of sp³-hybridized carbons (Fsp3) is 0.360. The number of phenols is 1. The summed E-state index contributed by atoms with van der Waals surface area (Å²) in [7, 11) is 1.59. The fourth-order valence-electron chi connectivity index (χ4n) is 2.70. The molecule has 0 aromatic heterocycles. The van der Waals surface area contributed by atoms with E-state index in [1.165, 1.54) is 12.1 Å². The molecule has 0 heterocycles. The van der Waals surface area contributed by atoms with Gasteiger partial charge in [0, 0.05) is 6.08 Å². The molecular formula is C25H32O6. The zero-order chi connectivity index (χ0) is 23.1. The maximum atomic E-state index is 11.8. The fourth-order valence-corrected chi connectivity index (χ4v) is 2.70. The minimum Gasteiger partial charge on any atom is -0.507 e. The van der Waals surface area contributed by atoms with Crippen molar-refractivity contribution in [3.05, 3.63) is 65.7 Å². The molecule has 2 N–H and O–H groups in total. The molecule has 0 bridgehead atoms. The first-order valence-electron chi connectivity index (χ1n) is 10.4. The molecule has 1 atom stereocenters. The van der Waals surface area contributed by atoms with Crippen LogP contribution in [0.25, 0.3) is 6.08 Å². The van der Waals surface area contributed by atoms with Crippen LogP contribution in [-0.4, -0.2) is 35.9 Å². The van der Waals surface area contributed by atoms with Crippen molar-refractivity contribution >= 4 is 18.0 Å². The minimum atomic E-state index is -0.948. The lowest BCUT2D eigenvalue weighted by Gasteiger charge is -2.14. The summed E-state index contributed by atoms with van der Waals surface area (Å²) in [6.07, 6.45) is 7.04. The third-order valence-corrected chi connectivity index (χ3v) is 4.65. The monoisotopic (exact) mass is 428 g/mol. The summed E-state index contributed by atoms with van der Waals surface area (Å²) >= 11 is 0. The summed E-state index contributed by atoms with van der Waals surface area (Å²) in [5, 5.41) is 17.9. The number of para-hydroxylation sites is 1. The van der Waals surface area contributed by atoms with E-state index in [1.54, 1.807) is 49.6 Å². The number of benzene rings is 2. The van der Waals surface area contributed by atoms with Crippen LogP contribution in [0.15, 0.2) is 54.6 Å². The third-order valence-electron chi connectivity index (χ3n) is 4.65. The van der Waals surface area contributed by atoms with Crippen molar-refractivity contribution < 1.29 is 29.3 Å². The molecular weight excluding hydrogens is 396 g/mol. The van der Waals surface area contributed by atoms with Crippen molar-refractivity contribution in [2.24, 2.45) is 5.92 Å². The number of carboxylic acids is 1. The van der Waals surface area contributed by atoms with Crippen molar-refractivity contribution in [2.45, 2.75) is 39.5 Å². The molecule has 0 aliphatic carbocycles. The number of esters is 1. The van der Waals surface area contributed by atoms with Crippen molar-refractivity contribution in [1.29, 1.82) is 0 Å². The largest absolute Gasteiger partial charge is 0.507 e. The average molecular weight is 429 g/mol. The van der Waals surface area contributed by atoms with Gasteiger partial charge in [0.05, 0.1) is 13.7 Å². The first-order valence-corrected chi connectivity index (χ1v) is 10.4. The van der Waals surface area contributed by atoms with Crippen LogP contribution in [0.4, 0.5) is 0 Å². The van der Waals surface area contributed by atoms with E-state index in [9.17, 15) is 14.7 Å². The maximum Gasteiger partial charge on any atom is 0.341 e. The second kappa shape index (κ2) is 14.7. The summed E-state index contributed by atoms with van der Waals surface area (Å²) in [6.45, 7) is 4.69. The molecule has 0 saturated carbocycles. The van der Waals surface area contributed by atoms with Crippen molar-refractivity contribution in [2.75, 3.05) is 13.7 Å². The highest BCUT2D eigenvalue weighted by atomic mass is 16.5. The van der Waals surface area contributed by atoms with Gasteiger partial charge >= 0.3 is 11.9 Å². The first kappa shape index (κ1) is 25.8. The minimum absolute atomic E-state index is 0.0240. The Morgan fingerprint density at radius 3 is 2.29 bits per heavy atom. The molecule has 168 valence electrons. The van der Waals surface area contributed by atoms with Crippen molar-refractivity contribution in [1.82, 2.24) is 0 Å². The van der Waals surface area contributed by atoms with Crippen LogP contribution < -0.4 is 4.74 Å². The number of aromatic hydroxyl groups is 1. The summed E-state index contributed by atoms with van der Waals surface area (Å²) in [5.41, 5.74) is 1.08. The highest BCUT2D eigenvalue weighted by Crippen LogP contribution is 2.18. The van der Waals surface area contributed by atoms with E-state index in [1.807, 2.05) is 0 Å². The SMILES string of the molecule is CCCCC(CC)COC(=O)c1ccccc1O.COc1ccc(C=CC(=O)O)cc1. The van der Waals surface area contributed by atoms with Gasteiger partial charge in [0.25, 0.3) is 0 Å². The van der Waals surface area contributed by atoms with Crippen LogP contribution in [0.1, 0.15) is 55.5 Å². The Hall–Kier alpha value is -3.28. The van der Waals surface area contributed by atoms with E-state index >= 15 is 0 Å². The Morgan fingerprint density at radius 1 is 1.06 bits per heavy atom. The molecule has 0 amide bonds. The van der Waals surface area contributed by atoms with E-state index in [4.69, 9.17) is 14.6 Å². The van der Waals surface area contributed by atoms with E-state index in [2.05, 4.69) is 13.8 Å². The summed E-state index contributed by atoms with van der Waals surface area (Å²) < 4.78 is 10.2. The molecule has 0 radical (unpaired) electrons. The third kappa shape index (κ3) is 10.3. The number of hydrogen-bond donors (Lipinski definition) is 2. The lowest BCUT2D eigenvalue weighted by molar-refractivity contribution is -0.131. The van der Waals surface area contributed by atoms with Crippen LogP contribution >= 0.6 is 0 Å². The van der Waals surface area contributed by atoms with Gasteiger partial charge in [-0.15, -0.1) is 0 Å². The average Bonchev–Trinajstić information content (AvgIpc) is 2.78. The quantitative estimate of drug-likeness (QED) is 0.380. The lowest BCUT2D eigenvalue weighted by Crippen LogP contribution is -2.14. The second-order valence-electron chi connectivity index (χ2n) is 6.98. The molecule has 0 spiro atoms. The summed E-state index contributed by atoms with van der Waals surface area (Å²) in [5.74, 6) is -0.241. The molecule has 2 rings (SSSR count). The van der Waals surface area contributed by atoms with E-state index in [-0.39, 0.29) is 11.3 Å². The molecule has 0 fully saturated rings. The smallest absolute Gasteiger partial charge is 0.341 e. The van der Waals surface area contributed by atoms with Crippen LogP contribution in [0.5, 0.6) is 11.5 Å². The molecule has 0 aliphatic rings. The number of carbonyl (C=O) groups is 2. The highest BCUT2D eigenvalue weighted by Gasteiger charge is 2.14. The second-order valence-corrected chi connectivity index (χ2v) is 6.98. The molecule has 31 heavy (non-hydrogen) atoms. The van der Waals surface area contributed by atoms with Crippen LogP contribution in [0.2, 0.25) is 0 Å². The normalized spacial score (nSPS) is 11.3. The summed E-state index contributed by atoms with van der Waals surface area (Å²) in [6, 6.07) is 13.6. The van der Waals surface area contributed by atoms with Gasteiger partial charge in [-0.05, 0) is 48.2 Å². The Balaban J connectivity index is 0.000000327. The summed E-state index contributed by atoms with van der Waals surface area (Å²) in [4.78, 5) is 22.0. The Kier molecular flexibility index (Phi) is 12.2. The molecule has 0 aliphatic heterocycles. The topological polar surface area (TPSA) is 93.1 Å². The van der Waals surface area contributed by atoms with Crippen LogP contribution in [0.3, 0.4) is 0 Å². The highest BCUT2D eigenvalue weighted by molar-refractivity contribution is 5.92. The van der Waals surface area contributed by atoms with Gasteiger partial charge in [0.2, 0.25) is 0 Å². The van der Waals surface area contributed by atoms with Gasteiger partial charge in [-0.1, -0.05) is 57.4 Å². The Bertz CT molecular complexity index is 826. The number of aliphatic carboxylic acids is 1. The Morgan fingerprint density at radius 2 is 1.74 bits per heavy atom.